The third-order valence-electron chi connectivity index (χ3n) is 14.5. The molecule has 1 amide bonds. The lowest BCUT2D eigenvalue weighted by atomic mass is 9.33. The first-order chi connectivity index (χ1) is 23.4. The molecule has 3 aliphatic carbocycles. The number of fused-ring (bicyclic) bond motifs is 5. The van der Waals surface area contributed by atoms with E-state index in [-0.39, 0.29) is 24.9 Å². The molecule has 6 unspecified atom stereocenters. The summed E-state index contributed by atoms with van der Waals surface area (Å²) < 4.78 is 25.7. The summed E-state index contributed by atoms with van der Waals surface area (Å²) in [5.41, 5.74) is -3.67. The maximum Gasteiger partial charge on any atom is 0.338 e. The molecule has 5 rings (SSSR count). The second-order valence-corrected chi connectivity index (χ2v) is 17.8. The van der Waals surface area contributed by atoms with Crippen molar-refractivity contribution in [1.29, 1.82) is 0 Å². The number of ether oxygens (including phenoxy) is 4. The average Bonchev–Trinajstić information content (AvgIpc) is 3.02. The van der Waals surface area contributed by atoms with Gasteiger partial charge in [0.15, 0.2) is 5.60 Å². The second kappa shape index (κ2) is 12.7. The molecule has 2 bridgehead atoms. The summed E-state index contributed by atoms with van der Waals surface area (Å²) in [5.74, 6) is -3.46. The first-order valence-electron chi connectivity index (χ1n) is 18.4. The molecule has 1 heterocycles. The Labute approximate surface area is 303 Å². The molecule has 0 spiro atoms. The molecule has 4 aliphatic rings. The largest absolute Gasteiger partial charge is 0.457 e. The van der Waals surface area contributed by atoms with E-state index < -0.39 is 87.0 Å². The third-order valence-corrected chi connectivity index (χ3v) is 14.5. The fourth-order valence-electron chi connectivity index (χ4n) is 10.7. The smallest absolute Gasteiger partial charge is 0.338 e. The van der Waals surface area contributed by atoms with Crippen LogP contribution in [0.1, 0.15) is 113 Å². The van der Waals surface area contributed by atoms with Crippen LogP contribution >= 0.6 is 0 Å². The van der Waals surface area contributed by atoms with Gasteiger partial charge < -0.3 is 29.4 Å². The van der Waals surface area contributed by atoms with E-state index in [9.17, 15) is 24.3 Å². The molecule has 10 nitrogen and oxygen atoms in total. The first-order valence-corrected chi connectivity index (χ1v) is 18.4. The highest BCUT2D eigenvalue weighted by Gasteiger charge is 2.80. The van der Waals surface area contributed by atoms with Crippen molar-refractivity contribution in [3.05, 3.63) is 47.0 Å². The summed E-state index contributed by atoms with van der Waals surface area (Å²) in [7, 11) is 0. The minimum Gasteiger partial charge on any atom is -0.457 e. The van der Waals surface area contributed by atoms with Gasteiger partial charge in [0.1, 0.15) is 23.9 Å². The number of amides is 1. The third kappa shape index (κ3) is 5.65. The highest BCUT2D eigenvalue weighted by atomic mass is 16.6. The van der Waals surface area contributed by atoms with E-state index >= 15 is 0 Å². The fourth-order valence-corrected chi connectivity index (χ4v) is 10.7. The van der Waals surface area contributed by atoms with Gasteiger partial charge in [0, 0.05) is 31.7 Å². The lowest BCUT2D eigenvalue weighted by Gasteiger charge is -2.75. The number of nitrogens with one attached hydrogen (secondary N) is 1. The zero-order valence-electron chi connectivity index (χ0n) is 32.8. The lowest BCUT2D eigenvalue weighted by molar-refractivity contribution is -0.374. The van der Waals surface area contributed by atoms with Gasteiger partial charge >= 0.3 is 17.9 Å². The molecule has 282 valence electrons. The van der Waals surface area contributed by atoms with Crippen LogP contribution in [0, 0.1) is 39.4 Å². The maximum absolute atomic E-state index is 14.3. The predicted molar refractivity (Wildman–Crippen MR) is 191 cm³/mol. The molecule has 10 heteroatoms. The van der Waals surface area contributed by atoms with Crippen molar-refractivity contribution in [2.75, 3.05) is 6.61 Å². The molecule has 1 aliphatic heterocycles. The van der Waals surface area contributed by atoms with Gasteiger partial charge in [-0.05, 0) is 67.1 Å². The number of aliphatic hydroxyl groups is 1. The molecule has 2 N–H and O–H groups in total. The summed E-state index contributed by atoms with van der Waals surface area (Å²) in [6.07, 6.45) is -2.07. The van der Waals surface area contributed by atoms with Gasteiger partial charge in [-0.3, -0.25) is 14.4 Å². The van der Waals surface area contributed by atoms with Gasteiger partial charge in [-0.2, -0.15) is 0 Å². The Morgan fingerprint density at radius 2 is 1.55 bits per heavy atom. The second-order valence-electron chi connectivity index (χ2n) is 17.8. The molecule has 1 aromatic carbocycles. The minimum absolute atomic E-state index is 0.0725. The molecular formula is C41H59NO9. The number of esters is 3. The van der Waals surface area contributed by atoms with Gasteiger partial charge in [0.25, 0.3) is 0 Å². The van der Waals surface area contributed by atoms with Crippen molar-refractivity contribution < 1.29 is 43.2 Å². The van der Waals surface area contributed by atoms with Crippen LogP contribution in [-0.2, 0) is 33.3 Å². The van der Waals surface area contributed by atoms with E-state index in [0.29, 0.717) is 12.0 Å². The molecule has 10 atom stereocenters. The van der Waals surface area contributed by atoms with Crippen LogP contribution in [0.2, 0.25) is 0 Å². The van der Waals surface area contributed by atoms with Crippen LogP contribution in [0.15, 0.2) is 41.5 Å². The molecule has 0 radical (unpaired) electrons. The Morgan fingerprint density at radius 1 is 0.941 bits per heavy atom. The molecule has 3 fully saturated rings. The van der Waals surface area contributed by atoms with E-state index in [1.54, 1.807) is 38.1 Å². The SMILES string of the molecule is CC(=O)NC(C)[C@@H](C)C(=O)OC1CC2(O)C(OC(=O)c3ccccc3)C3[C@]4(OC(C)=O)COC4CC(C)(C)[C@@]3(C)C(C)(C)[C@H](C)C(=C1C)C2(C)C. The number of rotatable bonds is 7. The van der Waals surface area contributed by atoms with E-state index in [4.69, 9.17) is 18.9 Å². The number of hydrogen-bond acceptors (Lipinski definition) is 9. The number of carbonyl (C=O) groups is 4. The van der Waals surface area contributed by atoms with Crippen LogP contribution in [-0.4, -0.2) is 71.1 Å². The molecule has 2 saturated carbocycles. The summed E-state index contributed by atoms with van der Waals surface area (Å²) in [6, 6.07) is 8.18. The molecule has 0 aromatic heterocycles. The van der Waals surface area contributed by atoms with Crippen molar-refractivity contribution in [1.82, 2.24) is 5.32 Å². The topological polar surface area (TPSA) is 137 Å². The molecule has 1 saturated heterocycles. The summed E-state index contributed by atoms with van der Waals surface area (Å²) in [6.45, 7) is 25.4. The van der Waals surface area contributed by atoms with Crippen molar-refractivity contribution in [2.45, 2.75) is 138 Å². The van der Waals surface area contributed by atoms with Crippen molar-refractivity contribution in [3.63, 3.8) is 0 Å². The Bertz CT molecular complexity index is 1610. The summed E-state index contributed by atoms with van der Waals surface area (Å²) in [4.78, 5) is 52.9. The van der Waals surface area contributed by atoms with E-state index in [1.807, 2.05) is 26.8 Å². The monoisotopic (exact) mass is 709 g/mol. The van der Waals surface area contributed by atoms with Crippen LogP contribution in [0.5, 0.6) is 0 Å². The highest BCUT2D eigenvalue weighted by molar-refractivity contribution is 5.89. The molecular weight excluding hydrogens is 650 g/mol. The average molecular weight is 710 g/mol. The number of benzene rings is 1. The van der Waals surface area contributed by atoms with Gasteiger partial charge in [-0.15, -0.1) is 0 Å². The van der Waals surface area contributed by atoms with Gasteiger partial charge in [0.05, 0.1) is 24.0 Å². The Morgan fingerprint density at radius 3 is 2.08 bits per heavy atom. The van der Waals surface area contributed by atoms with Crippen molar-refractivity contribution in [3.8, 4) is 0 Å². The van der Waals surface area contributed by atoms with Crippen molar-refractivity contribution in [2.24, 2.45) is 39.4 Å². The van der Waals surface area contributed by atoms with E-state index in [0.717, 1.165) is 11.1 Å². The van der Waals surface area contributed by atoms with Crippen LogP contribution in [0.4, 0.5) is 0 Å². The maximum atomic E-state index is 14.3. The summed E-state index contributed by atoms with van der Waals surface area (Å²) in [5, 5.41) is 16.5. The number of hydrogen-bond donors (Lipinski definition) is 2. The standard InChI is InChI=1S/C41H59NO9/c1-22(25(4)42-26(5)43)34(45)49-29-19-41(47)33(50-35(46)28-17-15-14-16-18-28)32-39(13,37(9,10)24(3)31(23(29)2)38(41,11)12)36(7,8)20-30-40(32,21-48-30)51-27(6)44/h14-18,22,24-25,29-30,32-33,47H,19-21H2,1-13H3,(H,42,43)/t22-,24-,25?,29?,30?,32?,33?,39+,40+,41?/m1/s1. The predicted octanol–water partition coefficient (Wildman–Crippen LogP) is 6.19. The Kier molecular flexibility index (Phi) is 9.72. The fraction of sp³-hybridized carbons (Fsp3) is 0.707. The molecule has 51 heavy (non-hydrogen) atoms. The normalized spacial score (nSPS) is 37.1. The Hall–Kier alpha value is -3.24. The first kappa shape index (κ1) is 39.0. The highest BCUT2D eigenvalue weighted by Crippen LogP contribution is 2.74. The summed E-state index contributed by atoms with van der Waals surface area (Å²) >= 11 is 0. The lowest BCUT2D eigenvalue weighted by Crippen LogP contribution is -2.82. The van der Waals surface area contributed by atoms with Crippen LogP contribution in [0.3, 0.4) is 0 Å². The zero-order valence-corrected chi connectivity index (χ0v) is 32.8. The van der Waals surface area contributed by atoms with Crippen LogP contribution < -0.4 is 5.32 Å². The quantitative estimate of drug-likeness (QED) is 0.193. The zero-order chi connectivity index (χ0) is 38.3. The van der Waals surface area contributed by atoms with Gasteiger partial charge in [-0.25, -0.2) is 4.79 Å². The van der Waals surface area contributed by atoms with Gasteiger partial charge in [-0.1, -0.05) is 79.2 Å². The van der Waals surface area contributed by atoms with Gasteiger partial charge in [0.2, 0.25) is 5.91 Å². The molecule has 1 aromatic rings. The number of carbonyl (C=O) groups excluding carboxylic acids is 4. The van der Waals surface area contributed by atoms with Crippen LogP contribution in [0.25, 0.3) is 0 Å². The van der Waals surface area contributed by atoms with E-state index in [2.05, 4.69) is 46.9 Å². The van der Waals surface area contributed by atoms with Crippen molar-refractivity contribution >= 4 is 23.8 Å². The minimum atomic E-state index is -1.82. The van der Waals surface area contributed by atoms with E-state index in [1.165, 1.54) is 13.8 Å². The Balaban J connectivity index is 1.80.